The van der Waals surface area contributed by atoms with E-state index in [0.717, 1.165) is 25.8 Å². The molecule has 1 saturated carbocycles. The summed E-state index contributed by atoms with van der Waals surface area (Å²) in [6.07, 6.45) is 7.83. The molecule has 0 aromatic heterocycles. The van der Waals surface area contributed by atoms with Crippen LogP contribution in [0.25, 0.3) is 0 Å². The van der Waals surface area contributed by atoms with Crippen LogP contribution in [0.2, 0.25) is 0 Å². The Morgan fingerprint density at radius 2 is 2.25 bits per heavy atom. The van der Waals surface area contributed by atoms with Gasteiger partial charge in [-0.2, -0.15) is 5.26 Å². The van der Waals surface area contributed by atoms with Crippen LogP contribution in [0.1, 0.15) is 44.9 Å². The van der Waals surface area contributed by atoms with Crippen LogP contribution in [0.3, 0.4) is 0 Å². The highest BCUT2D eigenvalue weighted by Gasteiger charge is 2.45. The van der Waals surface area contributed by atoms with Crippen LogP contribution in [0, 0.1) is 16.7 Å². The van der Waals surface area contributed by atoms with Crippen LogP contribution >= 0.6 is 0 Å². The van der Waals surface area contributed by atoms with Crippen molar-refractivity contribution in [3.05, 3.63) is 0 Å². The molecule has 2 fully saturated rings. The summed E-state index contributed by atoms with van der Waals surface area (Å²) < 4.78 is 0. The van der Waals surface area contributed by atoms with E-state index in [4.69, 9.17) is 10.4 Å². The number of likely N-dealkylation sites (tertiary alicyclic amines) is 1. The van der Waals surface area contributed by atoms with E-state index >= 15 is 0 Å². The number of rotatable bonds is 6. The van der Waals surface area contributed by atoms with Crippen molar-refractivity contribution in [2.45, 2.75) is 51.0 Å². The molecule has 90 valence electrons. The summed E-state index contributed by atoms with van der Waals surface area (Å²) in [5, 5.41) is 17.7. The van der Waals surface area contributed by atoms with Gasteiger partial charge in [0.05, 0.1) is 6.07 Å². The minimum Gasteiger partial charge on any atom is -0.396 e. The van der Waals surface area contributed by atoms with Crippen LogP contribution in [0.5, 0.6) is 0 Å². The Labute approximate surface area is 98.1 Å². The summed E-state index contributed by atoms with van der Waals surface area (Å²) in [5.41, 5.74) is 0.344. The van der Waals surface area contributed by atoms with Crippen molar-refractivity contribution >= 4 is 0 Å². The topological polar surface area (TPSA) is 47.3 Å². The minimum absolute atomic E-state index is 0.313. The molecule has 0 spiro atoms. The van der Waals surface area contributed by atoms with Crippen LogP contribution in [0.15, 0.2) is 0 Å². The smallest absolute Gasteiger partial charge is 0.0628 e. The molecule has 1 heterocycles. The summed E-state index contributed by atoms with van der Waals surface area (Å²) in [7, 11) is 0. The number of hydrogen-bond acceptors (Lipinski definition) is 3. The zero-order valence-corrected chi connectivity index (χ0v) is 9.99. The Balaban J connectivity index is 1.82. The van der Waals surface area contributed by atoms with Crippen LogP contribution in [-0.4, -0.2) is 35.7 Å². The molecule has 3 heteroatoms. The highest BCUT2D eigenvalue weighted by Crippen LogP contribution is 2.50. The van der Waals surface area contributed by atoms with Gasteiger partial charge in [-0.25, -0.2) is 0 Å². The standard InChI is InChI=1S/C13H22N2O/c14-8-7-13(5-6-13)11-15-9-1-3-12(15)4-2-10-16/h12,16H,1-7,9-11H2. The normalized spacial score (nSPS) is 27.9. The average Bonchev–Trinajstić information content (AvgIpc) is 2.89. The minimum atomic E-state index is 0.313. The first-order chi connectivity index (χ1) is 7.79. The van der Waals surface area contributed by atoms with Crippen LogP contribution in [0.4, 0.5) is 0 Å². The summed E-state index contributed by atoms with van der Waals surface area (Å²) in [4.78, 5) is 2.57. The van der Waals surface area contributed by atoms with Gasteiger partial charge in [0.15, 0.2) is 0 Å². The van der Waals surface area contributed by atoms with E-state index in [1.54, 1.807) is 0 Å². The predicted molar refractivity (Wildman–Crippen MR) is 62.8 cm³/mol. The van der Waals surface area contributed by atoms with Gasteiger partial charge in [0.25, 0.3) is 0 Å². The van der Waals surface area contributed by atoms with Crippen molar-refractivity contribution in [1.29, 1.82) is 5.26 Å². The van der Waals surface area contributed by atoms with Gasteiger partial charge in [0.2, 0.25) is 0 Å². The molecule has 0 aromatic carbocycles. The van der Waals surface area contributed by atoms with Crippen LogP contribution < -0.4 is 0 Å². The third kappa shape index (κ3) is 2.75. The Kier molecular flexibility index (Phi) is 3.83. The number of nitrogens with zero attached hydrogens (tertiary/aromatic N) is 2. The van der Waals surface area contributed by atoms with Crippen molar-refractivity contribution in [3.63, 3.8) is 0 Å². The monoisotopic (exact) mass is 222 g/mol. The quantitative estimate of drug-likeness (QED) is 0.747. The molecule has 3 nitrogen and oxygen atoms in total. The van der Waals surface area contributed by atoms with Gasteiger partial charge < -0.3 is 5.11 Å². The van der Waals surface area contributed by atoms with Gasteiger partial charge in [0, 0.05) is 25.6 Å². The molecular formula is C13H22N2O. The summed E-state index contributed by atoms with van der Waals surface area (Å²) in [6, 6.07) is 3.01. The maximum atomic E-state index is 8.88. The number of aliphatic hydroxyl groups excluding tert-OH is 1. The predicted octanol–water partition coefficient (Wildman–Crippen LogP) is 1.92. The van der Waals surface area contributed by atoms with E-state index in [1.807, 2.05) is 0 Å². The van der Waals surface area contributed by atoms with Crippen molar-refractivity contribution < 1.29 is 5.11 Å². The average molecular weight is 222 g/mol. The Hall–Kier alpha value is -0.590. The molecule has 16 heavy (non-hydrogen) atoms. The van der Waals surface area contributed by atoms with Gasteiger partial charge in [0.1, 0.15) is 0 Å². The zero-order valence-electron chi connectivity index (χ0n) is 9.99. The molecular weight excluding hydrogens is 200 g/mol. The Morgan fingerprint density at radius 3 is 2.88 bits per heavy atom. The SMILES string of the molecule is N#CCC1(CN2CCCC2CCCO)CC1. The van der Waals surface area contributed by atoms with E-state index < -0.39 is 0 Å². The summed E-state index contributed by atoms with van der Waals surface area (Å²) in [5.74, 6) is 0. The fourth-order valence-corrected chi connectivity index (χ4v) is 2.92. The Bertz CT molecular complexity index is 268. The second-order valence-electron chi connectivity index (χ2n) is 5.47. The highest BCUT2D eigenvalue weighted by molar-refractivity contribution is 5.02. The molecule has 2 aliphatic rings. The van der Waals surface area contributed by atoms with Crippen molar-refractivity contribution in [3.8, 4) is 6.07 Å². The first-order valence-corrected chi connectivity index (χ1v) is 6.51. The maximum Gasteiger partial charge on any atom is 0.0628 e. The van der Waals surface area contributed by atoms with E-state index in [-0.39, 0.29) is 0 Å². The summed E-state index contributed by atoms with van der Waals surface area (Å²) >= 11 is 0. The lowest BCUT2D eigenvalue weighted by molar-refractivity contribution is 0.183. The van der Waals surface area contributed by atoms with Crippen LogP contribution in [-0.2, 0) is 0 Å². The fourth-order valence-electron chi connectivity index (χ4n) is 2.92. The zero-order chi connectivity index (χ0) is 11.4. The third-order valence-electron chi connectivity index (χ3n) is 4.14. The van der Waals surface area contributed by atoms with Gasteiger partial charge >= 0.3 is 0 Å². The second kappa shape index (κ2) is 5.16. The molecule has 1 unspecified atom stereocenters. The second-order valence-corrected chi connectivity index (χ2v) is 5.47. The lowest BCUT2D eigenvalue weighted by atomic mass is 10.0. The molecule has 0 amide bonds. The third-order valence-corrected chi connectivity index (χ3v) is 4.14. The molecule has 1 saturated heterocycles. The van der Waals surface area contributed by atoms with Crippen molar-refractivity contribution in [1.82, 2.24) is 4.90 Å². The largest absolute Gasteiger partial charge is 0.396 e. The summed E-state index contributed by atoms with van der Waals surface area (Å²) in [6.45, 7) is 2.63. The van der Waals surface area contributed by atoms with E-state index in [9.17, 15) is 0 Å². The molecule has 1 N–H and O–H groups in total. The maximum absolute atomic E-state index is 8.88. The molecule has 1 atom stereocenters. The van der Waals surface area contributed by atoms with E-state index in [1.165, 1.54) is 32.2 Å². The molecule has 0 aromatic rings. The first kappa shape index (κ1) is 11.9. The van der Waals surface area contributed by atoms with Crippen molar-refractivity contribution in [2.24, 2.45) is 5.41 Å². The number of hydrogen-bond donors (Lipinski definition) is 1. The van der Waals surface area contributed by atoms with E-state index in [0.29, 0.717) is 18.1 Å². The van der Waals surface area contributed by atoms with Gasteiger partial charge in [-0.3, -0.25) is 4.90 Å². The highest BCUT2D eigenvalue weighted by atomic mass is 16.2. The van der Waals surface area contributed by atoms with E-state index in [2.05, 4.69) is 11.0 Å². The number of nitriles is 1. The van der Waals surface area contributed by atoms with Gasteiger partial charge in [-0.05, 0) is 50.5 Å². The number of aliphatic hydroxyl groups is 1. The van der Waals surface area contributed by atoms with Crippen molar-refractivity contribution in [2.75, 3.05) is 19.7 Å². The molecule has 1 aliphatic carbocycles. The lowest BCUT2D eigenvalue weighted by Crippen LogP contribution is -2.34. The molecule has 2 rings (SSSR count). The van der Waals surface area contributed by atoms with Gasteiger partial charge in [-0.1, -0.05) is 0 Å². The molecule has 1 aliphatic heterocycles. The Morgan fingerprint density at radius 1 is 1.44 bits per heavy atom. The molecule has 0 bridgehead atoms. The molecule has 0 radical (unpaired) electrons. The van der Waals surface area contributed by atoms with Gasteiger partial charge in [-0.15, -0.1) is 0 Å². The lowest BCUT2D eigenvalue weighted by Gasteiger charge is -2.28. The first-order valence-electron chi connectivity index (χ1n) is 6.51. The fraction of sp³-hybridized carbons (Fsp3) is 0.923.